The molecular formula is C26H32ClN3O4. The monoisotopic (exact) mass is 485 g/mol. The minimum absolute atomic E-state index is 0.0536. The van der Waals surface area contributed by atoms with E-state index in [1.165, 1.54) is 0 Å². The van der Waals surface area contributed by atoms with Gasteiger partial charge in [-0.3, -0.25) is 14.4 Å². The molecule has 1 unspecified atom stereocenters. The predicted octanol–water partition coefficient (Wildman–Crippen LogP) is 3.87. The number of likely N-dealkylation sites (N-methyl/N-ethyl adjacent to an activating group) is 1. The van der Waals surface area contributed by atoms with E-state index in [0.29, 0.717) is 60.9 Å². The quantitative estimate of drug-likeness (QED) is 0.615. The Bertz CT molecular complexity index is 999. The number of nitrogens with zero attached hydrogens (tertiary/aromatic N) is 2. The van der Waals surface area contributed by atoms with Crippen LogP contribution in [0.2, 0.25) is 5.02 Å². The molecule has 0 bridgehead atoms. The summed E-state index contributed by atoms with van der Waals surface area (Å²) in [4.78, 5) is 42.8. The van der Waals surface area contributed by atoms with Gasteiger partial charge in [0.05, 0.1) is 7.11 Å². The number of methoxy groups -OCH3 is 1. The van der Waals surface area contributed by atoms with Crippen molar-refractivity contribution in [3.63, 3.8) is 0 Å². The topological polar surface area (TPSA) is 79.0 Å². The lowest BCUT2D eigenvalue weighted by Gasteiger charge is -2.37. The minimum Gasteiger partial charge on any atom is -0.497 e. The lowest BCUT2D eigenvalue weighted by atomic mass is 9.87. The molecule has 0 aromatic heterocycles. The number of rotatable bonds is 8. The lowest BCUT2D eigenvalue weighted by Crippen LogP contribution is -2.54. The van der Waals surface area contributed by atoms with E-state index in [2.05, 4.69) is 5.32 Å². The normalized spacial score (nSPS) is 14.9. The Balaban J connectivity index is 1.73. The van der Waals surface area contributed by atoms with Gasteiger partial charge in [-0.15, -0.1) is 0 Å². The van der Waals surface area contributed by atoms with E-state index < -0.39 is 6.04 Å². The van der Waals surface area contributed by atoms with Crippen molar-refractivity contribution >= 4 is 29.3 Å². The van der Waals surface area contributed by atoms with Gasteiger partial charge in [0.1, 0.15) is 11.8 Å². The number of likely N-dealkylation sites (tertiary alicyclic amines) is 1. The standard InChI is InChI=1S/C26H32ClN3O4/c1-4-29(5-2)26(33)23(28-24(31)20-7-6-8-22(17-20)34-3)18-13-15-30(16-14-18)25(32)19-9-11-21(27)12-10-19/h6-12,17-18,23H,4-5,13-16H2,1-3H3,(H,28,31). The number of carbonyl (C=O) groups is 3. The largest absolute Gasteiger partial charge is 0.497 e. The Kier molecular flexibility index (Phi) is 8.93. The van der Waals surface area contributed by atoms with Gasteiger partial charge in [0.25, 0.3) is 11.8 Å². The number of nitrogens with one attached hydrogen (secondary N) is 1. The molecule has 1 fully saturated rings. The maximum absolute atomic E-state index is 13.4. The van der Waals surface area contributed by atoms with Crippen LogP contribution in [-0.2, 0) is 4.79 Å². The molecule has 1 atom stereocenters. The summed E-state index contributed by atoms with van der Waals surface area (Å²) in [5.41, 5.74) is 1.02. The minimum atomic E-state index is -0.661. The van der Waals surface area contributed by atoms with Crippen LogP contribution in [0.25, 0.3) is 0 Å². The predicted molar refractivity (Wildman–Crippen MR) is 132 cm³/mol. The van der Waals surface area contributed by atoms with Crippen LogP contribution in [0.1, 0.15) is 47.4 Å². The van der Waals surface area contributed by atoms with Gasteiger partial charge in [0.2, 0.25) is 5.91 Å². The fraction of sp³-hybridized carbons (Fsp3) is 0.423. The number of halogens is 1. The molecule has 1 aliphatic heterocycles. The van der Waals surface area contributed by atoms with Crippen LogP contribution in [0.3, 0.4) is 0 Å². The molecule has 0 radical (unpaired) electrons. The zero-order valence-corrected chi connectivity index (χ0v) is 20.7. The molecule has 2 aromatic carbocycles. The van der Waals surface area contributed by atoms with E-state index in [1.807, 2.05) is 13.8 Å². The van der Waals surface area contributed by atoms with Gasteiger partial charge in [-0.05, 0) is 75.1 Å². The molecule has 0 aliphatic carbocycles. The first kappa shape index (κ1) is 25.6. The summed E-state index contributed by atoms with van der Waals surface area (Å²) in [5.74, 6) is 0.0418. The number of piperidine rings is 1. The smallest absolute Gasteiger partial charge is 0.253 e. The van der Waals surface area contributed by atoms with E-state index in [4.69, 9.17) is 16.3 Å². The first-order valence-electron chi connectivity index (χ1n) is 11.7. The van der Waals surface area contributed by atoms with Gasteiger partial charge in [-0.25, -0.2) is 0 Å². The molecule has 182 valence electrons. The number of carbonyl (C=O) groups excluding carboxylic acids is 3. The average Bonchev–Trinajstić information content (AvgIpc) is 2.88. The molecule has 1 N–H and O–H groups in total. The van der Waals surface area contributed by atoms with Crippen molar-refractivity contribution in [1.82, 2.24) is 15.1 Å². The van der Waals surface area contributed by atoms with Crippen molar-refractivity contribution in [2.24, 2.45) is 5.92 Å². The zero-order chi connectivity index (χ0) is 24.7. The lowest BCUT2D eigenvalue weighted by molar-refractivity contribution is -0.134. The van der Waals surface area contributed by atoms with Gasteiger partial charge in [-0.2, -0.15) is 0 Å². The van der Waals surface area contributed by atoms with Crippen molar-refractivity contribution in [1.29, 1.82) is 0 Å². The fourth-order valence-electron chi connectivity index (χ4n) is 4.31. The first-order valence-corrected chi connectivity index (χ1v) is 12.0. The second kappa shape index (κ2) is 11.9. The number of ether oxygens (including phenoxy) is 1. The molecular weight excluding hydrogens is 454 g/mol. The van der Waals surface area contributed by atoms with E-state index in [9.17, 15) is 14.4 Å². The summed E-state index contributed by atoms with van der Waals surface area (Å²) in [6, 6.07) is 13.1. The molecule has 0 spiro atoms. The van der Waals surface area contributed by atoms with E-state index in [0.717, 1.165) is 0 Å². The van der Waals surface area contributed by atoms with E-state index in [1.54, 1.807) is 65.4 Å². The molecule has 0 saturated carbocycles. The van der Waals surface area contributed by atoms with Crippen LogP contribution < -0.4 is 10.1 Å². The SMILES string of the molecule is CCN(CC)C(=O)C(NC(=O)c1cccc(OC)c1)C1CCN(C(=O)c2ccc(Cl)cc2)CC1. The van der Waals surface area contributed by atoms with E-state index in [-0.39, 0.29) is 23.6 Å². The summed E-state index contributed by atoms with van der Waals surface area (Å²) in [6.07, 6.45) is 1.24. The number of hydrogen-bond donors (Lipinski definition) is 1. The highest BCUT2D eigenvalue weighted by Gasteiger charge is 2.35. The van der Waals surface area contributed by atoms with Crippen molar-refractivity contribution < 1.29 is 19.1 Å². The highest BCUT2D eigenvalue weighted by atomic mass is 35.5. The number of hydrogen-bond acceptors (Lipinski definition) is 4. The highest BCUT2D eigenvalue weighted by molar-refractivity contribution is 6.30. The molecule has 3 rings (SSSR count). The van der Waals surface area contributed by atoms with Crippen LogP contribution in [0.15, 0.2) is 48.5 Å². The van der Waals surface area contributed by atoms with Crippen LogP contribution in [0.4, 0.5) is 0 Å². The summed E-state index contributed by atoms with van der Waals surface area (Å²) >= 11 is 5.94. The summed E-state index contributed by atoms with van der Waals surface area (Å²) in [6.45, 7) is 6.02. The Morgan fingerprint density at radius 3 is 2.29 bits per heavy atom. The molecule has 7 nitrogen and oxygen atoms in total. The third kappa shape index (κ3) is 6.08. The molecule has 1 aliphatic rings. The van der Waals surface area contributed by atoms with Crippen molar-refractivity contribution in [2.45, 2.75) is 32.7 Å². The molecule has 2 aromatic rings. The maximum atomic E-state index is 13.4. The van der Waals surface area contributed by atoms with Gasteiger partial charge < -0.3 is 19.9 Å². The van der Waals surface area contributed by atoms with Gasteiger partial charge >= 0.3 is 0 Å². The average molecular weight is 486 g/mol. The number of benzene rings is 2. The third-order valence-electron chi connectivity index (χ3n) is 6.35. The summed E-state index contributed by atoms with van der Waals surface area (Å²) < 4.78 is 5.22. The summed E-state index contributed by atoms with van der Waals surface area (Å²) in [5, 5.41) is 3.56. The van der Waals surface area contributed by atoms with Crippen LogP contribution in [0, 0.1) is 5.92 Å². The molecule has 1 heterocycles. The van der Waals surface area contributed by atoms with Crippen LogP contribution in [0.5, 0.6) is 5.75 Å². The van der Waals surface area contributed by atoms with Crippen molar-refractivity contribution in [3.05, 3.63) is 64.7 Å². The van der Waals surface area contributed by atoms with Gasteiger partial charge in [-0.1, -0.05) is 17.7 Å². The molecule has 34 heavy (non-hydrogen) atoms. The Morgan fingerprint density at radius 1 is 1.06 bits per heavy atom. The fourth-order valence-corrected chi connectivity index (χ4v) is 4.44. The Morgan fingerprint density at radius 2 is 1.71 bits per heavy atom. The third-order valence-corrected chi connectivity index (χ3v) is 6.60. The highest BCUT2D eigenvalue weighted by Crippen LogP contribution is 2.25. The van der Waals surface area contributed by atoms with Gasteiger partial charge in [0, 0.05) is 42.3 Å². The van der Waals surface area contributed by atoms with Gasteiger partial charge in [0.15, 0.2) is 0 Å². The first-order chi connectivity index (χ1) is 16.4. The Labute approximate surface area is 206 Å². The van der Waals surface area contributed by atoms with E-state index >= 15 is 0 Å². The molecule has 8 heteroatoms. The summed E-state index contributed by atoms with van der Waals surface area (Å²) in [7, 11) is 1.54. The van der Waals surface area contributed by atoms with Crippen molar-refractivity contribution in [2.75, 3.05) is 33.3 Å². The molecule has 1 saturated heterocycles. The zero-order valence-electron chi connectivity index (χ0n) is 19.9. The number of amides is 3. The van der Waals surface area contributed by atoms with Crippen LogP contribution >= 0.6 is 11.6 Å². The van der Waals surface area contributed by atoms with Crippen LogP contribution in [-0.4, -0.2) is 66.9 Å². The van der Waals surface area contributed by atoms with Crippen molar-refractivity contribution in [3.8, 4) is 5.75 Å². The maximum Gasteiger partial charge on any atom is 0.253 e. The Hall–Kier alpha value is -3.06. The second-order valence-electron chi connectivity index (χ2n) is 8.33. The second-order valence-corrected chi connectivity index (χ2v) is 8.77. The molecule has 3 amide bonds.